The first kappa shape index (κ1) is 31.1. The van der Waals surface area contributed by atoms with Gasteiger partial charge in [-0.25, -0.2) is 28.6 Å². The largest absolute Gasteiger partial charge is 0.481 e. The lowest BCUT2D eigenvalue weighted by molar-refractivity contribution is -0.152. The smallest absolute Gasteiger partial charge is 0.479 e. The quantitative estimate of drug-likeness (QED) is 0.178. The van der Waals surface area contributed by atoms with Crippen LogP contribution in [0.2, 0.25) is 0 Å². The maximum absolute atomic E-state index is 12.5. The van der Waals surface area contributed by atoms with E-state index in [0.717, 1.165) is 0 Å². The molecule has 0 bridgehead atoms. The lowest BCUT2D eigenvalue weighted by Gasteiger charge is -2.22. The number of anilines is 1. The zero-order valence-electron chi connectivity index (χ0n) is 22.5. The molecule has 2 aromatic heterocycles. The number of nitrogens with zero attached hydrogens (tertiary/aromatic N) is 4. The Balaban J connectivity index is 1.38. The van der Waals surface area contributed by atoms with E-state index in [4.69, 9.17) is 23.8 Å². The Bertz CT molecular complexity index is 1570. The van der Waals surface area contributed by atoms with Gasteiger partial charge in [-0.15, -0.1) is 0 Å². The normalized spacial score (nSPS) is 26.0. The van der Waals surface area contributed by atoms with E-state index in [2.05, 4.69) is 29.9 Å². The van der Waals surface area contributed by atoms with E-state index in [9.17, 15) is 28.5 Å². The highest BCUT2D eigenvalue weighted by molar-refractivity contribution is 7.64. The van der Waals surface area contributed by atoms with Crippen LogP contribution in [0.25, 0.3) is 11.2 Å². The lowest BCUT2D eigenvalue weighted by atomic mass is 10.1. The van der Waals surface area contributed by atoms with Crippen LogP contribution in [0.5, 0.6) is 0 Å². The molecule has 20 heteroatoms. The first-order chi connectivity index (χ1) is 20.5. The average Bonchev–Trinajstić information content (AvgIpc) is 3.66. The Morgan fingerprint density at radius 3 is 2.53 bits per heavy atom. The fraction of sp³-hybridized carbons (Fsp3) is 0.435. The number of carbonyl (C=O) groups excluding carboxylic acids is 1. The number of phosphoric acid groups is 1. The van der Waals surface area contributed by atoms with Crippen molar-refractivity contribution < 1.29 is 56.7 Å². The van der Waals surface area contributed by atoms with Gasteiger partial charge in [0.05, 0.1) is 25.5 Å². The number of hydrogen-bond acceptors (Lipinski definition) is 12. The number of carboxylic acid groups (broad SMARTS) is 1. The van der Waals surface area contributed by atoms with Crippen molar-refractivity contribution in [1.82, 2.24) is 24.8 Å². The average molecular weight is 642 g/mol. The fourth-order valence-corrected chi connectivity index (χ4v) is 7.15. The van der Waals surface area contributed by atoms with Crippen LogP contribution >= 0.6 is 15.4 Å². The molecule has 0 aliphatic carbocycles. The molecule has 0 saturated carbocycles. The Morgan fingerprint density at radius 2 is 1.81 bits per heavy atom. The van der Waals surface area contributed by atoms with E-state index in [1.807, 2.05) is 6.07 Å². The molecule has 2 aliphatic rings. The van der Waals surface area contributed by atoms with Crippen LogP contribution in [-0.4, -0.2) is 84.0 Å². The molecule has 232 valence electrons. The van der Waals surface area contributed by atoms with E-state index >= 15 is 0 Å². The molecule has 0 radical (unpaired) electrons. The minimum absolute atomic E-state index is 0.143. The van der Waals surface area contributed by atoms with Crippen molar-refractivity contribution in [3.63, 3.8) is 0 Å². The lowest BCUT2D eigenvalue weighted by Crippen LogP contribution is -2.31. The number of amides is 2. The minimum Gasteiger partial charge on any atom is -0.481 e. The molecular weight excluding hydrogens is 614 g/mol. The highest BCUT2D eigenvalue weighted by atomic mass is 31.3. The van der Waals surface area contributed by atoms with Crippen molar-refractivity contribution in [2.75, 3.05) is 24.6 Å². The summed E-state index contributed by atoms with van der Waals surface area (Å²) in [5.74, 6) is -1.25. The van der Waals surface area contributed by atoms with Gasteiger partial charge in [0.2, 0.25) is 0 Å². The number of nitrogens with one attached hydrogen (secondary N) is 2. The summed E-state index contributed by atoms with van der Waals surface area (Å²) >= 11 is 0. The second-order valence-corrected chi connectivity index (χ2v) is 13.0. The zero-order valence-corrected chi connectivity index (χ0v) is 24.2. The van der Waals surface area contributed by atoms with Crippen molar-refractivity contribution in [2.45, 2.75) is 44.2 Å². The Labute approximate surface area is 243 Å². The van der Waals surface area contributed by atoms with E-state index in [1.165, 1.54) is 17.2 Å². The number of hydrogen-bond donors (Lipinski definition) is 5. The molecule has 0 spiro atoms. The molecule has 5 N–H and O–H groups in total. The predicted molar refractivity (Wildman–Crippen MR) is 145 cm³/mol. The van der Waals surface area contributed by atoms with Crippen LogP contribution in [0.15, 0.2) is 43.0 Å². The predicted octanol–water partition coefficient (Wildman–Crippen LogP) is 2.14. The zero-order chi connectivity index (χ0) is 30.8. The molecule has 2 fully saturated rings. The summed E-state index contributed by atoms with van der Waals surface area (Å²) in [5.41, 5.74) is 1.22. The topological polar surface area (TPSA) is 243 Å². The van der Waals surface area contributed by atoms with Gasteiger partial charge in [-0.3, -0.25) is 23.8 Å². The molecule has 5 rings (SSSR count). The van der Waals surface area contributed by atoms with Gasteiger partial charge in [-0.1, -0.05) is 30.3 Å². The number of aromatic nitrogens is 4. The third kappa shape index (κ3) is 7.26. The number of aliphatic carboxylic acids is 1. The van der Waals surface area contributed by atoms with Gasteiger partial charge in [0.15, 0.2) is 29.5 Å². The molecule has 7 atom stereocenters. The number of phosphoric ester groups is 1. The van der Waals surface area contributed by atoms with Crippen LogP contribution in [0.4, 0.5) is 10.6 Å². The van der Waals surface area contributed by atoms with E-state index in [1.54, 1.807) is 31.2 Å². The molecule has 18 nitrogen and oxygen atoms in total. The van der Waals surface area contributed by atoms with Crippen molar-refractivity contribution in [3.8, 4) is 0 Å². The van der Waals surface area contributed by atoms with Crippen molar-refractivity contribution in [2.24, 2.45) is 0 Å². The number of imidazole rings is 1. The van der Waals surface area contributed by atoms with Crippen LogP contribution in [-0.2, 0) is 37.0 Å². The first-order valence-electron chi connectivity index (χ1n) is 12.9. The molecular formula is C23H28N6O12P2. The Morgan fingerprint density at radius 1 is 1.07 bits per heavy atom. The molecule has 2 saturated heterocycles. The van der Waals surface area contributed by atoms with Gasteiger partial charge in [0.25, 0.3) is 0 Å². The molecule has 4 heterocycles. The summed E-state index contributed by atoms with van der Waals surface area (Å²) in [7, 11) is -9.93. The van der Waals surface area contributed by atoms with Crippen LogP contribution in [0, 0.1) is 0 Å². The summed E-state index contributed by atoms with van der Waals surface area (Å²) in [5, 5.41) is 13.9. The second-order valence-electron chi connectivity index (χ2n) is 9.39. The van der Waals surface area contributed by atoms with Gasteiger partial charge in [-0.2, -0.15) is 0 Å². The molecule has 3 unspecified atom stereocenters. The van der Waals surface area contributed by atoms with Gasteiger partial charge >= 0.3 is 27.4 Å². The van der Waals surface area contributed by atoms with E-state index in [-0.39, 0.29) is 17.0 Å². The number of carboxylic acids is 1. The highest BCUT2D eigenvalue weighted by Crippen LogP contribution is 2.60. The van der Waals surface area contributed by atoms with Crippen LogP contribution in [0.1, 0.15) is 31.4 Å². The number of rotatable bonds is 12. The molecule has 1 aromatic carbocycles. The maximum Gasteiger partial charge on any atom is 0.479 e. The number of ether oxygens (including phenoxy) is 3. The Hall–Kier alpha value is -3.31. The summed E-state index contributed by atoms with van der Waals surface area (Å²) in [4.78, 5) is 55.4. The third-order valence-electron chi connectivity index (χ3n) is 6.36. The number of carbonyl (C=O) groups is 2. The van der Waals surface area contributed by atoms with Crippen LogP contribution < -0.4 is 10.6 Å². The van der Waals surface area contributed by atoms with Crippen LogP contribution in [0.3, 0.4) is 0 Å². The number of fused-ring (bicyclic) bond motifs is 2. The maximum atomic E-state index is 12.5. The second kappa shape index (κ2) is 12.7. The van der Waals surface area contributed by atoms with Crippen molar-refractivity contribution in [1.29, 1.82) is 0 Å². The third-order valence-corrected chi connectivity index (χ3v) is 9.47. The standard InChI is InChI=1S/C23H28N6O12P2/c1-2-24-23(32)28-19-16-20(26-11-25-19)29(12-27-16)21-18-17(39-22(40-18)13-6-4-3-5-7-13)14(38-21)10-37-43(35,36)41-42(33,34)9-8-15(30)31/h3-7,11-12,14,17-18,21-22H,2,8-10H2,1H3,(H,30,31)(H,33,34)(H,35,36)(H2,24,25,26,28,32)/t14-,17?,18+,21-,22-/m1/s1. The molecule has 3 aromatic rings. The SMILES string of the molecule is CCNC(=O)Nc1ncnc2c1ncn2[C@@H]1O[C@H](COP(=O)(O)OP(=O)(O)CCC(=O)O)C2O[C@@H](c3ccccc3)O[C@@H]21. The van der Waals surface area contributed by atoms with Gasteiger partial charge in [0, 0.05) is 12.1 Å². The summed E-state index contributed by atoms with van der Waals surface area (Å²) in [6, 6.07) is 8.50. The summed E-state index contributed by atoms with van der Waals surface area (Å²) in [6.45, 7) is 1.51. The summed E-state index contributed by atoms with van der Waals surface area (Å²) < 4.78 is 54.0. The van der Waals surface area contributed by atoms with Crippen molar-refractivity contribution >= 4 is 44.4 Å². The van der Waals surface area contributed by atoms with Gasteiger partial charge < -0.3 is 34.4 Å². The first-order valence-corrected chi connectivity index (χ1v) is 16.2. The minimum atomic E-state index is -5.15. The monoisotopic (exact) mass is 642 g/mol. The fourth-order valence-electron chi connectivity index (χ4n) is 4.53. The van der Waals surface area contributed by atoms with Gasteiger partial charge in [0.1, 0.15) is 24.6 Å². The van der Waals surface area contributed by atoms with E-state index in [0.29, 0.717) is 12.1 Å². The molecule has 43 heavy (non-hydrogen) atoms. The van der Waals surface area contributed by atoms with Gasteiger partial charge in [-0.05, 0) is 6.92 Å². The molecule has 2 aliphatic heterocycles. The van der Waals surface area contributed by atoms with Crippen molar-refractivity contribution in [3.05, 3.63) is 48.5 Å². The molecule has 2 amide bonds. The Kier molecular flexibility index (Phi) is 9.22. The summed E-state index contributed by atoms with van der Waals surface area (Å²) in [6.07, 6.45) is -3.57. The number of benzene rings is 1. The highest BCUT2D eigenvalue weighted by Gasteiger charge is 2.54. The number of urea groups is 1. The van der Waals surface area contributed by atoms with E-state index < -0.39 is 77.4 Å².